The van der Waals surface area contributed by atoms with Crippen molar-refractivity contribution in [1.82, 2.24) is 0 Å². The first-order valence-electron chi connectivity index (χ1n) is 6.07. The molecular weight excluding hydrogens is 188 g/mol. The number of carbonyl (C=O) groups excluding carboxylic acids is 1. The van der Waals surface area contributed by atoms with Gasteiger partial charge < -0.3 is 4.74 Å². The van der Waals surface area contributed by atoms with E-state index in [0.29, 0.717) is 24.2 Å². The third kappa shape index (κ3) is 3.30. The van der Waals surface area contributed by atoms with Crippen LogP contribution in [0.1, 0.15) is 40.0 Å². The Labute approximate surface area is 93.4 Å². The Kier molecular flexibility index (Phi) is 4.78. The van der Waals surface area contributed by atoms with Crippen LogP contribution >= 0.6 is 0 Å². The molecule has 0 N–H and O–H groups in total. The van der Waals surface area contributed by atoms with Crippen LogP contribution in [0, 0.1) is 23.7 Å². The number of methoxy groups -OCH3 is 1. The summed E-state index contributed by atoms with van der Waals surface area (Å²) in [5.41, 5.74) is 0. The number of ether oxygens (including phenoxy) is 1. The second-order valence-corrected chi connectivity index (χ2v) is 5.28. The summed E-state index contributed by atoms with van der Waals surface area (Å²) in [6, 6.07) is 0. The molecule has 0 spiro atoms. The van der Waals surface area contributed by atoms with Crippen LogP contribution in [0.25, 0.3) is 0 Å². The lowest BCUT2D eigenvalue weighted by Gasteiger charge is -2.33. The van der Waals surface area contributed by atoms with E-state index in [-0.39, 0.29) is 5.92 Å². The first-order valence-corrected chi connectivity index (χ1v) is 6.07. The molecule has 3 unspecified atom stereocenters. The van der Waals surface area contributed by atoms with E-state index in [1.165, 1.54) is 0 Å². The molecule has 1 aliphatic carbocycles. The number of hydrogen-bond donors (Lipinski definition) is 0. The molecule has 0 bridgehead atoms. The van der Waals surface area contributed by atoms with E-state index in [1.807, 2.05) is 0 Å². The van der Waals surface area contributed by atoms with Gasteiger partial charge in [0, 0.05) is 26.1 Å². The van der Waals surface area contributed by atoms with Crippen LogP contribution < -0.4 is 0 Å². The Morgan fingerprint density at radius 2 is 2.07 bits per heavy atom. The molecule has 3 atom stereocenters. The van der Waals surface area contributed by atoms with Gasteiger partial charge in [0.05, 0.1) is 0 Å². The normalized spacial score (nSPS) is 29.5. The Morgan fingerprint density at radius 1 is 1.40 bits per heavy atom. The Bertz CT molecular complexity index is 211. The molecule has 0 aromatic rings. The minimum atomic E-state index is 0.242. The van der Waals surface area contributed by atoms with E-state index in [0.717, 1.165) is 25.2 Å². The van der Waals surface area contributed by atoms with Crippen molar-refractivity contribution in [1.29, 1.82) is 0 Å². The molecule has 0 aromatic carbocycles. The smallest absolute Gasteiger partial charge is 0.136 e. The molecule has 0 aliphatic heterocycles. The number of carbonyl (C=O) groups is 1. The predicted molar refractivity (Wildman–Crippen MR) is 61.7 cm³/mol. The van der Waals surface area contributed by atoms with Gasteiger partial charge in [-0.3, -0.25) is 4.79 Å². The number of Topliss-reactive ketones (excluding diaryl/α,β-unsaturated/α-hetero) is 1. The predicted octanol–water partition coefficient (Wildman–Crippen LogP) is 2.91. The monoisotopic (exact) mass is 212 g/mol. The second kappa shape index (κ2) is 5.64. The van der Waals surface area contributed by atoms with Crippen molar-refractivity contribution in [2.24, 2.45) is 23.7 Å². The molecule has 1 fully saturated rings. The van der Waals surface area contributed by atoms with Gasteiger partial charge in [-0.1, -0.05) is 20.8 Å². The lowest BCUT2D eigenvalue weighted by atomic mass is 9.71. The highest BCUT2D eigenvalue weighted by Gasteiger charge is 2.33. The molecule has 0 radical (unpaired) electrons. The fourth-order valence-corrected chi connectivity index (χ4v) is 2.62. The van der Waals surface area contributed by atoms with Crippen LogP contribution in [0.15, 0.2) is 0 Å². The molecule has 0 amide bonds. The van der Waals surface area contributed by atoms with E-state index in [2.05, 4.69) is 20.8 Å². The molecule has 15 heavy (non-hydrogen) atoms. The average Bonchev–Trinajstić information content (AvgIpc) is 2.18. The molecule has 0 aromatic heterocycles. The van der Waals surface area contributed by atoms with Crippen molar-refractivity contribution in [3.05, 3.63) is 0 Å². The zero-order chi connectivity index (χ0) is 11.4. The van der Waals surface area contributed by atoms with Gasteiger partial charge in [0.2, 0.25) is 0 Å². The fraction of sp³-hybridized carbons (Fsp3) is 0.923. The highest BCUT2D eigenvalue weighted by molar-refractivity contribution is 5.82. The Hall–Kier alpha value is -0.370. The summed E-state index contributed by atoms with van der Waals surface area (Å²) >= 11 is 0. The van der Waals surface area contributed by atoms with Crippen molar-refractivity contribution < 1.29 is 9.53 Å². The molecule has 1 rings (SSSR count). The molecule has 1 saturated carbocycles. The van der Waals surface area contributed by atoms with E-state index in [9.17, 15) is 4.79 Å². The lowest BCUT2D eigenvalue weighted by molar-refractivity contribution is -0.128. The van der Waals surface area contributed by atoms with Crippen molar-refractivity contribution in [3.8, 4) is 0 Å². The summed E-state index contributed by atoms with van der Waals surface area (Å²) in [7, 11) is 1.71. The number of ketones is 1. The number of hydrogen-bond acceptors (Lipinski definition) is 2. The first-order chi connectivity index (χ1) is 7.06. The summed E-state index contributed by atoms with van der Waals surface area (Å²) in [5, 5.41) is 0. The molecule has 0 heterocycles. The maximum Gasteiger partial charge on any atom is 0.136 e. The van der Waals surface area contributed by atoms with E-state index < -0.39 is 0 Å². The van der Waals surface area contributed by atoms with Crippen LogP contribution in [0.3, 0.4) is 0 Å². The molecule has 88 valence electrons. The van der Waals surface area contributed by atoms with Crippen LogP contribution in [0.4, 0.5) is 0 Å². The van der Waals surface area contributed by atoms with Crippen LogP contribution in [-0.4, -0.2) is 19.5 Å². The largest absolute Gasteiger partial charge is 0.384 e. The van der Waals surface area contributed by atoms with Crippen molar-refractivity contribution in [2.75, 3.05) is 13.7 Å². The summed E-state index contributed by atoms with van der Waals surface area (Å²) in [6.07, 6.45) is 2.94. The summed E-state index contributed by atoms with van der Waals surface area (Å²) in [6.45, 7) is 7.37. The highest BCUT2D eigenvalue weighted by Crippen LogP contribution is 2.35. The standard InChI is InChI=1S/C13H24O2/c1-9(2)11-5-6-13(14)12(7-11)10(3)8-15-4/h9-12H,5-8H2,1-4H3. The maximum absolute atomic E-state index is 11.8. The Morgan fingerprint density at radius 3 is 2.60 bits per heavy atom. The molecule has 0 saturated heterocycles. The SMILES string of the molecule is COCC(C)C1CC(C(C)C)CCC1=O. The van der Waals surface area contributed by atoms with Gasteiger partial charge in [0.1, 0.15) is 5.78 Å². The third-order valence-corrected chi connectivity index (χ3v) is 3.79. The molecule has 2 heteroatoms. The van der Waals surface area contributed by atoms with Gasteiger partial charge in [-0.25, -0.2) is 0 Å². The summed E-state index contributed by atoms with van der Waals surface area (Å²) in [4.78, 5) is 11.8. The topological polar surface area (TPSA) is 26.3 Å². The number of rotatable bonds is 4. The maximum atomic E-state index is 11.8. The second-order valence-electron chi connectivity index (χ2n) is 5.28. The van der Waals surface area contributed by atoms with Crippen molar-refractivity contribution in [2.45, 2.75) is 40.0 Å². The van der Waals surface area contributed by atoms with Crippen LogP contribution in [0.2, 0.25) is 0 Å². The third-order valence-electron chi connectivity index (χ3n) is 3.79. The summed E-state index contributed by atoms with van der Waals surface area (Å²) < 4.78 is 5.15. The highest BCUT2D eigenvalue weighted by atomic mass is 16.5. The van der Waals surface area contributed by atoms with Crippen LogP contribution in [0.5, 0.6) is 0 Å². The Balaban J connectivity index is 2.56. The molecular formula is C13H24O2. The molecule has 1 aliphatic rings. The van der Waals surface area contributed by atoms with Gasteiger partial charge in [-0.15, -0.1) is 0 Å². The van der Waals surface area contributed by atoms with Gasteiger partial charge in [0.15, 0.2) is 0 Å². The fourth-order valence-electron chi connectivity index (χ4n) is 2.62. The average molecular weight is 212 g/mol. The van der Waals surface area contributed by atoms with Crippen LogP contribution in [-0.2, 0) is 9.53 Å². The molecule has 2 nitrogen and oxygen atoms in total. The van der Waals surface area contributed by atoms with Crippen molar-refractivity contribution in [3.63, 3.8) is 0 Å². The summed E-state index contributed by atoms with van der Waals surface area (Å²) in [5.74, 6) is 2.51. The zero-order valence-electron chi connectivity index (χ0n) is 10.5. The van der Waals surface area contributed by atoms with E-state index >= 15 is 0 Å². The van der Waals surface area contributed by atoms with Crippen molar-refractivity contribution >= 4 is 5.78 Å². The van der Waals surface area contributed by atoms with Gasteiger partial charge >= 0.3 is 0 Å². The zero-order valence-corrected chi connectivity index (χ0v) is 10.5. The quantitative estimate of drug-likeness (QED) is 0.716. The minimum Gasteiger partial charge on any atom is -0.384 e. The van der Waals surface area contributed by atoms with E-state index in [1.54, 1.807) is 7.11 Å². The first kappa shape index (κ1) is 12.7. The van der Waals surface area contributed by atoms with Gasteiger partial charge in [0.25, 0.3) is 0 Å². The minimum absolute atomic E-state index is 0.242. The van der Waals surface area contributed by atoms with E-state index in [4.69, 9.17) is 4.74 Å². The lowest BCUT2D eigenvalue weighted by Crippen LogP contribution is -2.33. The van der Waals surface area contributed by atoms with Gasteiger partial charge in [-0.05, 0) is 30.6 Å². The van der Waals surface area contributed by atoms with Gasteiger partial charge in [-0.2, -0.15) is 0 Å².